The Kier molecular flexibility index (Phi) is 7.19. The third-order valence-corrected chi connectivity index (χ3v) is 7.65. The minimum atomic E-state index is -1.01. The second-order valence-corrected chi connectivity index (χ2v) is 10.4. The molecule has 39 heavy (non-hydrogen) atoms. The van der Waals surface area contributed by atoms with E-state index in [2.05, 4.69) is 18.7 Å². The average Bonchev–Trinajstić information content (AvgIpc) is 3.37. The van der Waals surface area contributed by atoms with Gasteiger partial charge in [-0.05, 0) is 74.2 Å². The molecule has 3 aromatic rings. The lowest BCUT2D eigenvalue weighted by Gasteiger charge is -2.31. The maximum atomic E-state index is 15.4. The van der Waals surface area contributed by atoms with Crippen LogP contribution in [0.15, 0.2) is 48.5 Å². The molecule has 8 heteroatoms. The first-order valence-electron chi connectivity index (χ1n) is 13.0. The van der Waals surface area contributed by atoms with Gasteiger partial charge in [-0.15, -0.1) is 0 Å². The van der Waals surface area contributed by atoms with Gasteiger partial charge in [-0.1, -0.05) is 25.1 Å². The summed E-state index contributed by atoms with van der Waals surface area (Å²) in [5.74, 6) is -1.68. The van der Waals surface area contributed by atoms with Crippen molar-refractivity contribution in [3.8, 4) is 29.1 Å². The fourth-order valence-electron chi connectivity index (χ4n) is 5.38. The van der Waals surface area contributed by atoms with Crippen molar-refractivity contribution in [1.82, 2.24) is 4.90 Å². The van der Waals surface area contributed by atoms with Crippen LogP contribution < -0.4 is 9.47 Å². The fourth-order valence-corrected chi connectivity index (χ4v) is 5.38. The zero-order chi connectivity index (χ0) is 27.8. The number of allylic oxidation sites excluding steroid dienone is 1. The van der Waals surface area contributed by atoms with Crippen LogP contribution >= 0.6 is 0 Å². The van der Waals surface area contributed by atoms with Crippen LogP contribution in [0.4, 0.5) is 8.78 Å². The van der Waals surface area contributed by atoms with Crippen LogP contribution in [0.25, 0.3) is 11.1 Å². The van der Waals surface area contributed by atoms with E-state index >= 15 is 8.78 Å². The highest BCUT2D eigenvalue weighted by atomic mass is 19.1. The number of nitrogens with zero attached hydrogens (tertiary/aromatic N) is 2. The van der Waals surface area contributed by atoms with Gasteiger partial charge in [0.2, 0.25) is 0 Å². The first-order chi connectivity index (χ1) is 18.7. The normalized spacial score (nSPS) is 19.8. The smallest absolute Gasteiger partial charge is 0.176 e. The van der Waals surface area contributed by atoms with Gasteiger partial charge in [-0.2, -0.15) is 5.26 Å². The predicted octanol–water partition coefficient (Wildman–Crippen LogP) is 6.42. The molecular formula is C31H30F2N2O4. The number of fused-ring (bicyclic) bond motifs is 1. The van der Waals surface area contributed by atoms with Gasteiger partial charge >= 0.3 is 0 Å². The number of hydrogen-bond donors (Lipinski definition) is 2. The van der Waals surface area contributed by atoms with Crippen LogP contribution in [0, 0.1) is 28.9 Å². The largest absolute Gasteiger partial charge is 0.505 e. The van der Waals surface area contributed by atoms with Crippen LogP contribution in [-0.4, -0.2) is 40.9 Å². The van der Waals surface area contributed by atoms with Crippen LogP contribution in [0.5, 0.6) is 23.0 Å². The van der Waals surface area contributed by atoms with Gasteiger partial charge in [0.15, 0.2) is 23.1 Å². The van der Waals surface area contributed by atoms with Crippen molar-refractivity contribution < 1.29 is 28.5 Å². The lowest BCUT2D eigenvalue weighted by molar-refractivity contribution is 0.169. The van der Waals surface area contributed by atoms with E-state index in [1.165, 1.54) is 30.7 Å². The van der Waals surface area contributed by atoms with Gasteiger partial charge in [0.25, 0.3) is 0 Å². The number of ether oxygens (including phenoxy) is 2. The highest BCUT2D eigenvalue weighted by molar-refractivity contribution is 5.96. The number of phenols is 2. The Morgan fingerprint density at radius 3 is 2.51 bits per heavy atom. The van der Waals surface area contributed by atoms with Crippen LogP contribution in [0.2, 0.25) is 0 Å². The quantitative estimate of drug-likeness (QED) is 0.381. The van der Waals surface area contributed by atoms with Gasteiger partial charge < -0.3 is 19.7 Å². The molecule has 6 nitrogen and oxygen atoms in total. The molecule has 3 unspecified atom stereocenters. The second kappa shape index (κ2) is 10.6. The van der Waals surface area contributed by atoms with E-state index in [0.717, 1.165) is 13.1 Å². The number of aromatic hydroxyl groups is 2. The molecule has 1 fully saturated rings. The molecule has 2 aliphatic rings. The van der Waals surface area contributed by atoms with Crippen molar-refractivity contribution in [2.45, 2.75) is 39.3 Å². The minimum absolute atomic E-state index is 0.00896. The number of benzene rings is 3. The first kappa shape index (κ1) is 26.5. The summed E-state index contributed by atoms with van der Waals surface area (Å²) in [7, 11) is 0. The molecule has 0 aromatic heterocycles. The summed E-state index contributed by atoms with van der Waals surface area (Å²) in [6.45, 7) is 8.70. The number of likely N-dealkylation sites (tertiary alicyclic amines) is 1. The molecule has 0 bridgehead atoms. The number of hydrogen-bond acceptors (Lipinski definition) is 6. The standard InChI is InChI=1S/C31H30F2N2O4/c1-17-12-13-35(15-17)18(2)16-38-22-7-4-20(5-8-22)31-26(23-9-6-21(14-34)30(37)28(23)32)19(3)27-25(39-31)11-10-24(36)29(27)33/h4-11,17-18,31,36-37H,12-13,15-16H2,1-3H3. The minimum Gasteiger partial charge on any atom is -0.505 e. The Morgan fingerprint density at radius 1 is 1.10 bits per heavy atom. The van der Waals surface area contributed by atoms with Crippen molar-refractivity contribution >= 4 is 11.1 Å². The number of phenolic OH excluding ortho intramolecular Hbond substituents is 2. The summed E-state index contributed by atoms with van der Waals surface area (Å²) in [6.07, 6.45) is 0.335. The molecule has 5 rings (SSSR count). The monoisotopic (exact) mass is 532 g/mol. The van der Waals surface area contributed by atoms with E-state index in [9.17, 15) is 15.5 Å². The zero-order valence-corrected chi connectivity index (χ0v) is 22.0. The van der Waals surface area contributed by atoms with Gasteiger partial charge in [0.05, 0.1) is 11.1 Å². The summed E-state index contributed by atoms with van der Waals surface area (Å²) >= 11 is 0. The molecule has 0 amide bonds. The van der Waals surface area contributed by atoms with E-state index < -0.39 is 29.2 Å². The van der Waals surface area contributed by atoms with E-state index in [1.54, 1.807) is 25.1 Å². The summed E-state index contributed by atoms with van der Waals surface area (Å²) in [5.41, 5.74) is 1.03. The summed E-state index contributed by atoms with van der Waals surface area (Å²) < 4.78 is 42.6. The molecule has 2 heterocycles. The van der Waals surface area contributed by atoms with E-state index in [0.29, 0.717) is 29.4 Å². The molecule has 2 aliphatic heterocycles. The van der Waals surface area contributed by atoms with Crippen LogP contribution in [-0.2, 0) is 0 Å². The molecule has 0 spiro atoms. The highest BCUT2D eigenvalue weighted by Crippen LogP contribution is 2.49. The molecule has 202 valence electrons. The van der Waals surface area contributed by atoms with Crippen LogP contribution in [0.3, 0.4) is 0 Å². The fraction of sp³-hybridized carbons (Fsp3) is 0.323. The van der Waals surface area contributed by atoms with Gasteiger partial charge in [0, 0.05) is 23.7 Å². The van der Waals surface area contributed by atoms with E-state index in [4.69, 9.17) is 9.47 Å². The Balaban J connectivity index is 1.49. The number of halogens is 2. The van der Waals surface area contributed by atoms with Crippen LogP contribution in [0.1, 0.15) is 55.5 Å². The zero-order valence-electron chi connectivity index (χ0n) is 22.0. The molecule has 1 saturated heterocycles. The Hall–Kier alpha value is -4.09. The second-order valence-electron chi connectivity index (χ2n) is 10.4. The van der Waals surface area contributed by atoms with Crippen molar-refractivity contribution in [2.24, 2.45) is 5.92 Å². The maximum absolute atomic E-state index is 15.4. The van der Waals surface area contributed by atoms with Crippen molar-refractivity contribution in [3.63, 3.8) is 0 Å². The van der Waals surface area contributed by atoms with Gasteiger partial charge in [0.1, 0.15) is 30.3 Å². The Labute approximate surface area is 226 Å². The topological polar surface area (TPSA) is 86.0 Å². The van der Waals surface area contributed by atoms with Crippen molar-refractivity contribution in [1.29, 1.82) is 5.26 Å². The highest BCUT2D eigenvalue weighted by Gasteiger charge is 2.34. The summed E-state index contributed by atoms with van der Waals surface area (Å²) in [5, 5.41) is 29.5. The van der Waals surface area contributed by atoms with Gasteiger partial charge in [-0.25, -0.2) is 8.78 Å². The average molecular weight is 533 g/mol. The van der Waals surface area contributed by atoms with Gasteiger partial charge in [-0.3, -0.25) is 4.90 Å². The molecule has 2 N–H and O–H groups in total. The van der Waals surface area contributed by atoms with Crippen molar-refractivity contribution in [3.05, 3.63) is 82.4 Å². The molecule has 3 atom stereocenters. The molecule has 0 saturated carbocycles. The Morgan fingerprint density at radius 2 is 1.85 bits per heavy atom. The number of rotatable bonds is 6. The SMILES string of the molecule is CC1=C(c2ccc(C#N)c(O)c2F)C(c2ccc(OCC(C)N3CCC(C)C3)cc2)Oc2ccc(O)c(F)c21. The maximum Gasteiger partial charge on any atom is 0.176 e. The lowest BCUT2D eigenvalue weighted by Crippen LogP contribution is -2.35. The van der Waals surface area contributed by atoms with E-state index in [1.807, 2.05) is 12.1 Å². The summed E-state index contributed by atoms with van der Waals surface area (Å²) in [4.78, 5) is 2.42. The third kappa shape index (κ3) is 4.90. The molecule has 3 aromatic carbocycles. The van der Waals surface area contributed by atoms with Crippen molar-refractivity contribution in [2.75, 3.05) is 19.7 Å². The third-order valence-electron chi connectivity index (χ3n) is 7.65. The number of nitriles is 1. The first-order valence-corrected chi connectivity index (χ1v) is 13.0. The van der Waals surface area contributed by atoms with E-state index in [-0.39, 0.29) is 34.1 Å². The predicted molar refractivity (Wildman–Crippen MR) is 143 cm³/mol. The molecular weight excluding hydrogens is 502 g/mol. The summed E-state index contributed by atoms with van der Waals surface area (Å²) in [6, 6.07) is 14.6. The lowest BCUT2D eigenvalue weighted by atomic mass is 9.85. The molecule has 0 radical (unpaired) electrons. The molecule has 0 aliphatic carbocycles. The Bertz CT molecular complexity index is 1480.